The molecule has 0 saturated carbocycles. The molecule has 2 spiro atoms. The predicted octanol–water partition coefficient (Wildman–Crippen LogP) is -1.99. The quantitative estimate of drug-likeness (QED) is 0.389. The molecule has 3 saturated heterocycles. The average Bonchev–Trinajstić information content (AvgIpc) is 2.81. The number of anilines is 4. The zero-order valence-electron chi connectivity index (χ0n) is 18.3. The third kappa shape index (κ3) is 3.58. The van der Waals surface area contributed by atoms with Crippen molar-refractivity contribution < 1.29 is 8.97 Å². The fraction of sp³-hybridized carbons (Fsp3) is 0.600. The minimum atomic E-state index is -0.273. The Bertz CT molecular complexity index is 997. The summed E-state index contributed by atoms with van der Waals surface area (Å²) in [5.41, 5.74) is 11.8. The summed E-state index contributed by atoms with van der Waals surface area (Å²) in [6.45, 7) is 12.3. The second-order valence-corrected chi connectivity index (χ2v) is 9.38. The van der Waals surface area contributed by atoms with E-state index in [2.05, 4.69) is 29.7 Å². The van der Waals surface area contributed by atoms with Gasteiger partial charge in [0.05, 0.1) is 65.0 Å². The number of rotatable bonds is 2. The van der Waals surface area contributed by atoms with Crippen molar-refractivity contribution in [1.29, 1.82) is 0 Å². The molecular formula is C20H32N10O2+2. The maximum atomic E-state index is 11.8. The number of hydrogen-bond acceptors (Lipinski definition) is 8. The fourth-order valence-electron chi connectivity index (χ4n) is 5.47. The van der Waals surface area contributed by atoms with Crippen LogP contribution < -0.4 is 32.4 Å². The van der Waals surface area contributed by atoms with Gasteiger partial charge in [-0.1, -0.05) is 0 Å². The van der Waals surface area contributed by atoms with Crippen molar-refractivity contribution in [2.75, 3.05) is 99.8 Å². The lowest BCUT2D eigenvalue weighted by molar-refractivity contribution is -1.03. The number of nitrogens with one attached hydrogen (secondary N) is 2. The standard InChI is InChI=1S/C20H30N10O2/c21-15-17(23-13-25-19(15)31)27-1-5-29(6-2-27)9-11-30(12-10-29)7-3-28(4-8-30)18-16(22)20(32)26-14-24-18/h13-14H,1-12,21-22H2/p+2. The van der Waals surface area contributed by atoms with Crippen molar-refractivity contribution in [2.24, 2.45) is 0 Å². The van der Waals surface area contributed by atoms with Gasteiger partial charge in [0.15, 0.2) is 11.6 Å². The van der Waals surface area contributed by atoms with Gasteiger partial charge in [-0.05, 0) is 0 Å². The van der Waals surface area contributed by atoms with E-state index in [-0.39, 0.29) is 22.5 Å². The number of nitrogens with two attached hydrogens (primary N) is 2. The van der Waals surface area contributed by atoms with E-state index < -0.39 is 0 Å². The molecule has 5 heterocycles. The number of quaternary nitrogens is 2. The minimum absolute atomic E-state index is 0.206. The van der Waals surface area contributed by atoms with E-state index in [9.17, 15) is 9.59 Å². The highest BCUT2D eigenvalue weighted by Gasteiger charge is 2.45. The zero-order chi connectivity index (χ0) is 22.3. The van der Waals surface area contributed by atoms with Crippen LogP contribution in [0.5, 0.6) is 0 Å². The van der Waals surface area contributed by atoms with Gasteiger partial charge >= 0.3 is 0 Å². The molecule has 0 radical (unpaired) electrons. The van der Waals surface area contributed by atoms with E-state index in [0.717, 1.165) is 87.5 Å². The minimum Gasteiger partial charge on any atom is -0.391 e. The molecule has 3 aliphatic rings. The lowest BCUT2D eigenvalue weighted by Crippen LogP contribution is -2.73. The van der Waals surface area contributed by atoms with E-state index >= 15 is 0 Å². The molecule has 0 unspecified atom stereocenters. The van der Waals surface area contributed by atoms with Crippen LogP contribution in [-0.2, 0) is 0 Å². The Morgan fingerprint density at radius 3 is 1.34 bits per heavy atom. The van der Waals surface area contributed by atoms with Gasteiger partial charge in [-0.25, -0.2) is 9.97 Å². The molecule has 2 aromatic rings. The normalized spacial score (nSPS) is 22.4. The second-order valence-electron chi connectivity index (χ2n) is 9.38. The summed E-state index contributed by atoms with van der Waals surface area (Å²) >= 11 is 0. The van der Waals surface area contributed by atoms with E-state index in [0.29, 0.717) is 11.6 Å². The summed E-state index contributed by atoms with van der Waals surface area (Å²) < 4.78 is 2.26. The molecule has 0 aromatic carbocycles. The van der Waals surface area contributed by atoms with Crippen molar-refractivity contribution >= 4 is 23.0 Å². The highest BCUT2D eigenvalue weighted by Crippen LogP contribution is 2.27. The smallest absolute Gasteiger partial charge is 0.276 e. The molecule has 12 heteroatoms. The summed E-state index contributed by atoms with van der Waals surface area (Å²) in [6, 6.07) is 0. The van der Waals surface area contributed by atoms with Crippen LogP contribution in [-0.4, -0.2) is 107 Å². The van der Waals surface area contributed by atoms with Gasteiger partial charge in [-0.3, -0.25) is 9.59 Å². The van der Waals surface area contributed by atoms with Crippen molar-refractivity contribution in [3.8, 4) is 0 Å². The third-order valence-corrected chi connectivity index (χ3v) is 7.81. The van der Waals surface area contributed by atoms with Crippen LogP contribution >= 0.6 is 0 Å². The molecule has 172 valence electrons. The summed E-state index contributed by atoms with van der Waals surface area (Å²) in [7, 11) is 0. The molecule has 3 aliphatic heterocycles. The highest BCUT2D eigenvalue weighted by atomic mass is 16.1. The first-order valence-electron chi connectivity index (χ1n) is 11.3. The Hall–Kier alpha value is -3.12. The van der Waals surface area contributed by atoms with Crippen LogP contribution in [0, 0.1) is 0 Å². The lowest BCUT2D eigenvalue weighted by Gasteiger charge is -2.54. The van der Waals surface area contributed by atoms with Gasteiger partial charge in [0.1, 0.15) is 37.6 Å². The van der Waals surface area contributed by atoms with Crippen LogP contribution in [0.3, 0.4) is 0 Å². The number of aromatic nitrogens is 4. The van der Waals surface area contributed by atoms with E-state index in [1.54, 1.807) is 0 Å². The predicted molar refractivity (Wildman–Crippen MR) is 122 cm³/mol. The summed E-state index contributed by atoms with van der Waals surface area (Å²) in [4.78, 5) is 41.6. The topological polar surface area (TPSA) is 150 Å². The van der Waals surface area contributed by atoms with Gasteiger partial charge in [-0.15, -0.1) is 0 Å². The molecule has 0 aliphatic carbocycles. The zero-order valence-corrected chi connectivity index (χ0v) is 18.3. The molecule has 3 fully saturated rings. The molecule has 5 rings (SSSR count). The number of hydrogen-bond donors (Lipinski definition) is 4. The molecule has 2 aromatic heterocycles. The van der Waals surface area contributed by atoms with Crippen LogP contribution in [0.15, 0.2) is 22.2 Å². The molecule has 0 atom stereocenters. The molecule has 6 N–H and O–H groups in total. The van der Waals surface area contributed by atoms with Gasteiger partial charge in [0, 0.05) is 0 Å². The molecule has 0 amide bonds. The van der Waals surface area contributed by atoms with Crippen LogP contribution in [0.25, 0.3) is 0 Å². The number of aromatic amines is 2. The number of piperazine rings is 3. The monoisotopic (exact) mass is 444 g/mol. The van der Waals surface area contributed by atoms with Crippen LogP contribution in [0.2, 0.25) is 0 Å². The second kappa shape index (κ2) is 7.78. The number of nitrogens with zero attached hydrogens (tertiary/aromatic N) is 6. The SMILES string of the molecule is Nc1c(N2CC[N+]3(CC2)CC[N+]2(CCN(c4nc[nH]c(=O)c4N)CC2)CC3)nc[nH]c1=O. The van der Waals surface area contributed by atoms with Gasteiger partial charge in [0.2, 0.25) is 0 Å². The van der Waals surface area contributed by atoms with Crippen molar-refractivity contribution in [2.45, 2.75) is 0 Å². The summed E-state index contributed by atoms with van der Waals surface area (Å²) in [6.07, 6.45) is 2.85. The Balaban J connectivity index is 1.18. The van der Waals surface area contributed by atoms with Gasteiger partial charge < -0.3 is 40.2 Å². The Labute approximate surface area is 185 Å². The highest BCUT2D eigenvalue weighted by molar-refractivity contribution is 5.61. The summed E-state index contributed by atoms with van der Waals surface area (Å²) in [5.74, 6) is 1.21. The Morgan fingerprint density at radius 2 is 1.00 bits per heavy atom. The van der Waals surface area contributed by atoms with Crippen molar-refractivity contribution in [3.05, 3.63) is 33.4 Å². The Morgan fingerprint density at radius 1 is 0.656 bits per heavy atom. The van der Waals surface area contributed by atoms with Crippen molar-refractivity contribution in [3.63, 3.8) is 0 Å². The van der Waals surface area contributed by atoms with E-state index in [4.69, 9.17) is 11.5 Å². The van der Waals surface area contributed by atoms with Crippen LogP contribution in [0.4, 0.5) is 23.0 Å². The largest absolute Gasteiger partial charge is 0.391 e. The van der Waals surface area contributed by atoms with Gasteiger partial charge in [-0.2, -0.15) is 0 Å². The Kier molecular flexibility index (Phi) is 5.05. The first kappa shape index (κ1) is 20.8. The average molecular weight is 445 g/mol. The van der Waals surface area contributed by atoms with Gasteiger partial charge in [0.25, 0.3) is 11.1 Å². The molecule has 12 nitrogen and oxygen atoms in total. The summed E-state index contributed by atoms with van der Waals surface area (Å²) in [5, 5.41) is 0. The molecule has 32 heavy (non-hydrogen) atoms. The number of H-pyrrole nitrogens is 2. The van der Waals surface area contributed by atoms with E-state index in [1.807, 2.05) is 0 Å². The molecular weight excluding hydrogens is 412 g/mol. The third-order valence-electron chi connectivity index (χ3n) is 7.81. The first-order valence-corrected chi connectivity index (χ1v) is 11.3. The lowest BCUT2D eigenvalue weighted by atomic mass is 10.1. The first-order chi connectivity index (χ1) is 15.4. The number of nitrogen functional groups attached to an aromatic ring is 2. The van der Waals surface area contributed by atoms with Crippen LogP contribution in [0.1, 0.15) is 0 Å². The van der Waals surface area contributed by atoms with Crippen molar-refractivity contribution in [1.82, 2.24) is 19.9 Å². The maximum absolute atomic E-state index is 11.8. The molecule has 0 bridgehead atoms. The van der Waals surface area contributed by atoms with E-state index in [1.165, 1.54) is 12.7 Å². The fourth-order valence-corrected chi connectivity index (χ4v) is 5.47. The maximum Gasteiger partial charge on any atom is 0.276 e.